The molecule has 3 nitrogen and oxygen atoms in total. The molecule has 0 saturated heterocycles. The fourth-order valence-corrected chi connectivity index (χ4v) is 1.55. The van der Waals surface area contributed by atoms with Crippen LogP contribution in [-0.2, 0) is 16.0 Å². The summed E-state index contributed by atoms with van der Waals surface area (Å²) >= 11 is 4.24. The molecule has 0 atom stereocenters. The number of hydrogen-bond donors (Lipinski definition) is 1. The molecule has 4 heteroatoms. The number of esters is 1. The molecule has 16 heavy (non-hydrogen) atoms. The summed E-state index contributed by atoms with van der Waals surface area (Å²) in [7, 11) is 0. The first-order valence-electron chi connectivity index (χ1n) is 5.03. The van der Waals surface area contributed by atoms with E-state index in [1.165, 1.54) is 6.92 Å². The van der Waals surface area contributed by atoms with Gasteiger partial charge in [-0.3, -0.25) is 4.79 Å². The van der Waals surface area contributed by atoms with Crippen molar-refractivity contribution in [2.45, 2.75) is 25.2 Å². The Morgan fingerprint density at radius 3 is 2.62 bits per heavy atom. The van der Waals surface area contributed by atoms with E-state index in [9.17, 15) is 9.59 Å². The van der Waals surface area contributed by atoms with E-state index in [0.29, 0.717) is 17.1 Å². The van der Waals surface area contributed by atoms with Crippen LogP contribution in [0, 0.1) is 0 Å². The van der Waals surface area contributed by atoms with Crippen LogP contribution in [0.2, 0.25) is 0 Å². The third-order valence-electron chi connectivity index (χ3n) is 2.03. The second-order valence-corrected chi connectivity index (χ2v) is 3.92. The zero-order valence-corrected chi connectivity index (χ0v) is 10.2. The molecule has 0 aliphatic carbocycles. The van der Waals surface area contributed by atoms with Crippen molar-refractivity contribution in [1.82, 2.24) is 0 Å². The van der Waals surface area contributed by atoms with Crippen molar-refractivity contribution in [2.75, 3.05) is 6.61 Å². The Kier molecular flexibility index (Phi) is 4.55. The number of carbonyl (C=O) groups excluding carboxylic acids is 2. The molecule has 1 aromatic carbocycles. The van der Waals surface area contributed by atoms with Crippen molar-refractivity contribution >= 4 is 24.4 Å². The van der Waals surface area contributed by atoms with Crippen molar-refractivity contribution in [2.24, 2.45) is 0 Å². The third-order valence-corrected chi connectivity index (χ3v) is 2.47. The van der Waals surface area contributed by atoms with Crippen LogP contribution in [-0.4, -0.2) is 18.4 Å². The van der Waals surface area contributed by atoms with Gasteiger partial charge in [0.05, 0.1) is 12.2 Å². The van der Waals surface area contributed by atoms with Gasteiger partial charge in [-0.25, -0.2) is 4.79 Å². The molecule has 0 radical (unpaired) electrons. The number of carbonyl (C=O) groups is 2. The molecular weight excluding hydrogens is 224 g/mol. The highest BCUT2D eigenvalue weighted by molar-refractivity contribution is 7.80. The molecule has 1 rings (SSSR count). The van der Waals surface area contributed by atoms with E-state index in [1.54, 1.807) is 25.1 Å². The minimum atomic E-state index is -0.374. The fraction of sp³-hybridized carbons (Fsp3) is 0.333. The number of ketones is 1. The largest absolute Gasteiger partial charge is 0.462 e. The molecule has 0 aliphatic heterocycles. The molecule has 0 amide bonds. The van der Waals surface area contributed by atoms with Gasteiger partial charge >= 0.3 is 5.97 Å². The lowest BCUT2D eigenvalue weighted by Crippen LogP contribution is -2.06. The summed E-state index contributed by atoms with van der Waals surface area (Å²) in [5.74, 6) is -0.336. The second-order valence-electron chi connectivity index (χ2n) is 3.44. The van der Waals surface area contributed by atoms with Crippen LogP contribution in [0.5, 0.6) is 0 Å². The maximum atomic E-state index is 11.5. The molecule has 0 saturated carbocycles. The van der Waals surface area contributed by atoms with Crippen LogP contribution in [0.25, 0.3) is 0 Å². The molecule has 1 aromatic rings. The predicted octanol–water partition coefficient (Wildman–Crippen LogP) is 2.28. The van der Waals surface area contributed by atoms with Crippen molar-refractivity contribution < 1.29 is 14.3 Å². The van der Waals surface area contributed by atoms with Crippen LogP contribution < -0.4 is 0 Å². The first-order valence-corrected chi connectivity index (χ1v) is 5.47. The summed E-state index contributed by atoms with van der Waals surface area (Å²) in [4.78, 5) is 23.2. The first kappa shape index (κ1) is 12.8. The van der Waals surface area contributed by atoms with Crippen LogP contribution in [0.15, 0.2) is 23.1 Å². The van der Waals surface area contributed by atoms with Crippen molar-refractivity contribution in [1.29, 1.82) is 0 Å². The smallest absolute Gasteiger partial charge is 0.338 e. The van der Waals surface area contributed by atoms with E-state index in [4.69, 9.17) is 4.74 Å². The minimum Gasteiger partial charge on any atom is -0.462 e. The summed E-state index contributed by atoms with van der Waals surface area (Å²) in [6.45, 7) is 3.59. The Hall–Kier alpha value is -1.29. The second kappa shape index (κ2) is 5.70. The lowest BCUT2D eigenvalue weighted by molar-refractivity contribution is -0.116. The quantitative estimate of drug-likeness (QED) is 0.646. The van der Waals surface area contributed by atoms with E-state index in [2.05, 4.69) is 12.6 Å². The Morgan fingerprint density at radius 2 is 2.06 bits per heavy atom. The summed E-state index contributed by atoms with van der Waals surface area (Å²) in [6.07, 6.45) is 0.284. The van der Waals surface area contributed by atoms with Crippen LogP contribution in [0.3, 0.4) is 0 Å². The topological polar surface area (TPSA) is 43.4 Å². The van der Waals surface area contributed by atoms with Gasteiger partial charge in [-0.1, -0.05) is 0 Å². The maximum Gasteiger partial charge on any atom is 0.338 e. The van der Waals surface area contributed by atoms with Crippen LogP contribution in [0.1, 0.15) is 29.8 Å². The highest BCUT2D eigenvalue weighted by Crippen LogP contribution is 2.17. The highest BCUT2D eigenvalue weighted by atomic mass is 32.1. The van der Waals surface area contributed by atoms with Crippen LogP contribution in [0.4, 0.5) is 0 Å². The molecule has 0 fully saturated rings. The number of hydrogen-bond acceptors (Lipinski definition) is 4. The van der Waals surface area contributed by atoms with E-state index < -0.39 is 0 Å². The molecule has 86 valence electrons. The SMILES string of the molecule is CCOC(=O)c1ccc(S)c(CC(C)=O)c1. The predicted molar refractivity (Wildman–Crippen MR) is 64.0 cm³/mol. The first-order chi connectivity index (χ1) is 7.54. The summed E-state index contributed by atoms with van der Waals surface area (Å²) in [5, 5.41) is 0. The van der Waals surface area contributed by atoms with Gasteiger partial charge in [0.25, 0.3) is 0 Å². The molecule has 0 spiro atoms. The average Bonchev–Trinajstić information content (AvgIpc) is 2.21. The van der Waals surface area contributed by atoms with Gasteiger partial charge in [-0.05, 0) is 37.6 Å². The zero-order valence-electron chi connectivity index (χ0n) is 9.32. The fourth-order valence-electron chi connectivity index (χ4n) is 1.34. The maximum absolute atomic E-state index is 11.5. The molecule has 0 heterocycles. The highest BCUT2D eigenvalue weighted by Gasteiger charge is 2.10. The van der Waals surface area contributed by atoms with Gasteiger partial charge in [-0.15, -0.1) is 12.6 Å². The van der Waals surface area contributed by atoms with Crippen molar-refractivity contribution in [3.63, 3.8) is 0 Å². The summed E-state index contributed by atoms with van der Waals surface area (Å²) in [5.41, 5.74) is 1.21. The van der Waals surface area contributed by atoms with Crippen molar-refractivity contribution in [3.05, 3.63) is 29.3 Å². The van der Waals surface area contributed by atoms with Gasteiger partial charge in [0, 0.05) is 11.3 Å². The van der Waals surface area contributed by atoms with E-state index in [1.807, 2.05) is 0 Å². The lowest BCUT2D eigenvalue weighted by atomic mass is 10.1. The van der Waals surface area contributed by atoms with Gasteiger partial charge in [0.1, 0.15) is 5.78 Å². The number of thiol groups is 1. The van der Waals surface area contributed by atoms with Gasteiger partial charge in [0.2, 0.25) is 0 Å². The molecule has 0 aromatic heterocycles. The Balaban J connectivity index is 2.97. The van der Waals surface area contributed by atoms with Gasteiger partial charge < -0.3 is 4.74 Å². The van der Waals surface area contributed by atoms with Gasteiger partial charge in [-0.2, -0.15) is 0 Å². The number of rotatable bonds is 4. The molecule has 0 unspecified atom stereocenters. The Bertz CT molecular complexity index is 413. The standard InChI is InChI=1S/C12H14O3S/c1-3-15-12(14)9-4-5-11(16)10(7-9)6-8(2)13/h4-5,7,16H,3,6H2,1-2H3. The monoisotopic (exact) mass is 238 g/mol. The molecule has 0 bridgehead atoms. The molecular formula is C12H14O3S. The van der Waals surface area contributed by atoms with Gasteiger partial charge in [0.15, 0.2) is 0 Å². The van der Waals surface area contributed by atoms with E-state index in [0.717, 1.165) is 5.56 Å². The number of benzene rings is 1. The molecule has 0 aliphatic rings. The van der Waals surface area contributed by atoms with Crippen LogP contribution >= 0.6 is 12.6 Å². The number of Topliss-reactive ketones (excluding diaryl/α,β-unsaturated/α-hetero) is 1. The zero-order chi connectivity index (χ0) is 12.1. The van der Waals surface area contributed by atoms with E-state index >= 15 is 0 Å². The summed E-state index contributed by atoms with van der Waals surface area (Å²) < 4.78 is 4.88. The Morgan fingerprint density at radius 1 is 1.38 bits per heavy atom. The number of ether oxygens (including phenoxy) is 1. The average molecular weight is 238 g/mol. The minimum absolute atomic E-state index is 0.0382. The molecule has 0 N–H and O–H groups in total. The normalized spacial score (nSPS) is 9.94. The van der Waals surface area contributed by atoms with E-state index in [-0.39, 0.29) is 18.2 Å². The Labute approximate surface area is 100 Å². The third kappa shape index (κ3) is 3.38. The summed E-state index contributed by atoms with van der Waals surface area (Å²) in [6, 6.07) is 5.00. The van der Waals surface area contributed by atoms with Crippen molar-refractivity contribution in [3.8, 4) is 0 Å². The lowest BCUT2D eigenvalue weighted by Gasteiger charge is -2.06.